The zero-order valence-electron chi connectivity index (χ0n) is 9.67. The molecule has 0 aliphatic carbocycles. The summed E-state index contributed by atoms with van der Waals surface area (Å²) in [7, 11) is 0. The van der Waals surface area contributed by atoms with Gasteiger partial charge in [-0.25, -0.2) is 0 Å². The van der Waals surface area contributed by atoms with Gasteiger partial charge in [-0.1, -0.05) is 52.0 Å². The van der Waals surface area contributed by atoms with Crippen LogP contribution in [-0.4, -0.2) is 0 Å². The number of nitrogens with two attached hydrogens (primary N) is 1. The highest BCUT2D eigenvalue weighted by Crippen LogP contribution is 2.29. The molecule has 0 saturated heterocycles. The molecular formula is C13H21N. The summed E-state index contributed by atoms with van der Waals surface area (Å²) >= 11 is 0. The van der Waals surface area contributed by atoms with Crippen molar-refractivity contribution < 1.29 is 0 Å². The molecule has 1 aromatic carbocycles. The van der Waals surface area contributed by atoms with Crippen molar-refractivity contribution in [3.8, 4) is 0 Å². The Balaban J connectivity index is 3.16. The SMILES string of the molecule is CC[C@@H](N)c1ccccc1C(C)(C)C. The first-order valence-electron chi connectivity index (χ1n) is 5.31. The van der Waals surface area contributed by atoms with E-state index in [1.807, 2.05) is 0 Å². The second-order valence-electron chi connectivity index (χ2n) is 4.85. The first kappa shape index (κ1) is 11.3. The molecule has 78 valence electrons. The Bertz CT molecular complexity index is 296. The molecule has 14 heavy (non-hydrogen) atoms. The van der Waals surface area contributed by atoms with E-state index in [0.717, 1.165) is 6.42 Å². The largest absolute Gasteiger partial charge is 0.324 e. The van der Waals surface area contributed by atoms with Crippen LogP contribution >= 0.6 is 0 Å². The van der Waals surface area contributed by atoms with Gasteiger partial charge in [0.2, 0.25) is 0 Å². The van der Waals surface area contributed by atoms with E-state index in [4.69, 9.17) is 5.73 Å². The Labute approximate surface area is 87.3 Å². The smallest absolute Gasteiger partial charge is 0.0295 e. The van der Waals surface area contributed by atoms with E-state index in [1.54, 1.807) is 0 Å². The lowest BCUT2D eigenvalue weighted by Gasteiger charge is -2.25. The lowest BCUT2D eigenvalue weighted by molar-refractivity contribution is 0.566. The Kier molecular flexibility index (Phi) is 3.33. The second kappa shape index (κ2) is 4.14. The minimum absolute atomic E-state index is 0.172. The average Bonchev–Trinajstić information content (AvgIpc) is 2.15. The zero-order valence-corrected chi connectivity index (χ0v) is 9.67. The minimum atomic E-state index is 0.172. The topological polar surface area (TPSA) is 26.0 Å². The number of hydrogen-bond acceptors (Lipinski definition) is 1. The summed E-state index contributed by atoms with van der Waals surface area (Å²) in [5, 5.41) is 0. The molecule has 0 heterocycles. The fourth-order valence-electron chi connectivity index (χ4n) is 1.72. The van der Waals surface area contributed by atoms with Crippen LogP contribution in [0.25, 0.3) is 0 Å². The van der Waals surface area contributed by atoms with Crippen molar-refractivity contribution in [2.45, 2.75) is 45.6 Å². The van der Waals surface area contributed by atoms with E-state index < -0.39 is 0 Å². The van der Waals surface area contributed by atoms with Gasteiger partial charge in [0.1, 0.15) is 0 Å². The second-order valence-corrected chi connectivity index (χ2v) is 4.85. The maximum absolute atomic E-state index is 6.09. The van der Waals surface area contributed by atoms with Crippen molar-refractivity contribution in [2.24, 2.45) is 5.73 Å². The molecule has 0 radical (unpaired) electrons. The van der Waals surface area contributed by atoms with E-state index in [-0.39, 0.29) is 11.5 Å². The third kappa shape index (κ3) is 2.36. The molecule has 1 nitrogen and oxygen atoms in total. The summed E-state index contributed by atoms with van der Waals surface area (Å²) in [6.45, 7) is 8.82. The molecule has 0 spiro atoms. The molecule has 1 aromatic rings. The van der Waals surface area contributed by atoms with Gasteiger partial charge >= 0.3 is 0 Å². The van der Waals surface area contributed by atoms with Crippen LogP contribution in [-0.2, 0) is 5.41 Å². The van der Waals surface area contributed by atoms with Gasteiger partial charge in [-0.2, -0.15) is 0 Å². The van der Waals surface area contributed by atoms with Gasteiger partial charge in [0.05, 0.1) is 0 Å². The molecule has 0 saturated carbocycles. The van der Waals surface area contributed by atoms with Crippen molar-refractivity contribution in [1.82, 2.24) is 0 Å². The van der Waals surface area contributed by atoms with Gasteiger partial charge in [-0.3, -0.25) is 0 Å². The van der Waals surface area contributed by atoms with E-state index in [2.05, 4.69) is 52.0 Å². The molecular weight excluding hydrogens is 170 g/mol. The van der Waals surface area contributed by atoms with Crippen LogP contribution in [0.15, 0.2) is 24.3 Å². The zero-order chi connectivity index (χ0) is 10.8. The maximum atomic E-state index is 6.09. The van der Waals surface area contributed by atoms with Gasteiger partial charge in [-0.15, -0.1) is 0 Å². The number of rotatable bonds is 2. The van der Waals surface area contributed by atoms with Gasteiger partial charge in [0.15, 0.2) is 0 Å². The first-order chi connectivity index (χ1) is 6.46. The molecule has 0 aliphatic heterocycles. The third-order valence-electron chi connectivity index (χ3n) is 2.61. The monoisotopic (exact) mass is 191 g/mol. The van der Waals surface area contributed by atoms with Crippen molar-refractivity contribution in [1.29, 1.82) is 0 Å². The fourth-order valence-corrected chi connectivity index (χ4v) is 1.72. The van der Waals surface area contributed by atoms with Gasteiger partial charge in [0, 0.05) is 6.04 Å². The third-order valence-corrected chi connectivity index (χ3v) is 2.61. The summed E-state index contributed by atoms with van der Waals surface area (Å²) in [4.78, 5) is 0. The van der Waals surface area contributed by atoms with Crippen molar-refractivity contribution in [3.05, 3.63) is 35.4 Å². The van der Waals surface area contributed by atoms with Crippen LogP contribution in [0.4, 0.5) is 0 Å². The number of benzene rings is 1. The minimum Gasteiger partial charge on any atom is -0.324 e. The van der Waals surface area contributed by atoms with Gasteiger partial charge < -0.3 is 5.73 Å². The summed E-state index contributed by atoms with van der Waals surface area (Å²) in [5.74, 6) is 0. The van der Waals surface area contributed by atoms with Crippen LogP contribution in [0.1, 0.15) is 51.3 Å². The quantitative estimate of drug-likeness (QED) is 0.762. The molecule has 1 rings (SSSR count). The van der Waals surface area contributed by atoms with E-state index in [0.29, 0.717) is 0 Å². The maximum Gasteiger partial charge on any atom is 0.0295 e. The van der Waals surface area contributed by atoms with Crippen LogP contribution in [0.2, 0.25) is 0 Å². The van der Waals surface area contributed by atoms with Crippen LogP contribution < -0.4 is 5.73 Å². The van der Waals surface area contributed by atoms with Crippen molar-refractivity contribution in [2.75, 3.05) is 0 Å². The fraction of sp³-hybridized carbons (Fsp3) is 0.538. The standard InChI is InChI=1S/C13H21N/c1-5-12(14)10-8-6-7-9-11(10)13(2,3)4/h6-9,12H,5,14H2,1-4H3/t12-/m1/s1. The van der Waals surface area contributed by atoms with E-state index in [1.165, 1.54) is 11.1 Å². The van der Waals surface area contributed by atoms with E-state index in [9.17, 15) is 0 Å². The summed E-state index contributed by atoms with van der Waals surface area (Å²) < 4.78 is 0. The molecule has 0 fully saturated rings. The van der Waals surface area contributed by atoms with Crippen LogP contribution in [0.3, 0.4) is 0 Å². The Morgan fingerprint density at radius 1 is 1.21 bits per heavy atom. The molecule has 2 N–H and O–H groups in total. The molecule has 1 atom stereocenters. The molecule has 0 unspecified atom stereocenters. The normalized spacial score (nSPS) is 14.1. The molecule has 0 bridgehead atoms. The van der Waals surface area contributed by atoms with Gasteiger partial charge in [-0.05, 0) is 23.0 Å². The highest BCUT2D eigenvalue weighted by Gasteiger charge is 2.19. The molecule has 0 aromatic heterocycles. The Morgan fingerprint density at radius 2 is 1.79 bits per heavy atom. The predicted molar refractivity (Wildman–Crippen MR) is 62.4 cm³/mol. The van der Waals surface area contributed by atoms with Crippen LogP contribution in [0.5, 0.6) is 0 Å². The summed E-state index contributed by atoms with van der Waals surface area (Å²) in [6.07, 6.45) is 0.993. The van der Waals surface area contributed by atoms with Gasteiger partial charge in [0.25, 0.3) is 0 Å². The summed E-state index contributed by atoms with van der Waals surface area (Å²) in [6, 6.07) is 8.66. The van der Waals surface area contributed by atoms with Crippen molar-refractivity contribution in [3.63, 3.8) is 0 Å². The average molecular weight is 191 g/mol. The van der Waals surface area contributed by atoms with Crippen molar-refractivity contribution >= 4 is 0 Å². The highest BCUT2D eigenvalue weighted by atomic mass is 14.6. The Hall–Kier alpha value is -0.820. The lowest BCUT2D eigenvalue weighted by atomic mass is 9.81. The number of hydrogen-bond donors (Lipinski definition) is 1. The molecule has 0 amide bonds. The molecule has 0 aliphatic rings. The van der Waals surface area contributed by atoms with Crippen LogP contribution in [0, 0.1) is 0 Å². The summed E-state index contributed by atoms with van der Waals surface area (Å²) in [5.41, 5.74) is 8.94. The Morgan fingerprint density at radius 3 is 2.29 bits per heavy atom. The molecule has 1 heteroatoms. The lowest BCUT2D eigenvalue weighted by Crippen LogP contribution is -2.19. The van der Waals surface area contributed by atoms with E-state index >= 15 is 0 Å². The first-order valence-corrected chi connectivity index (χ1v) is 5.31. The highest BCUT2D eigenvalue weighted by molar-refractivity contribution is 5.34. The predicted octanol–water partition coefficient (Wildman–Crippen LogP) is 3.39.